The highest BCUT2D eigenvalue weighted by atomic mass is 79.9. The van der Waals surface area contributed by atoms with Crippen LogP contribution in [-0.4, -0.2) is 17.5 Å². The van der Waals surface area contributed by atoms with Gasteiger partial charge in [0.15, 0.2) is 6.61 Å². The molecule has 0 radical (unpaired) electrons. The summed E-state index contributed by atoms with van der Waals surface area (Å²) in [5.74, 6) is 0.229. The summed E-state index contributed by atoms with van der Waals surface area (Å²) in [6, 6.07) is 14.4. The molecule has 0 atom stereocenters. The Morgan fingerprint density at radius 1 is 1.19 bits per heavy atom. The molecular weight excluding hydrogens is 352 g/mol. The van der Waals surface area contributed by atoms with Crippen LogP contribution in [-0.2, 0) is 4.79 Å². The summed E-state index contributed by atoms with van der Waals surface area (Å²) in [6.07, 6.45) is 0. The van der Waals surface area contributed by atoms with E-state index in [1.165, 1.54) is 0 Å². The second kappa shape index (κ2) is 7.19. The molecular formula is C15H13BrN2O2S. The molecule has 2 aromatic carbocycles. The maximum Gasteiger partial charge on any atom is 0.262 e. The smallest absolute Gasteiger partial charge is 0.262 e. The van der Waals surface area contributed by atoms with Gasteiger partial charge in [-0.3, -0.25) is 4.79 Å². The summed E-state index contributed by atoms with van der Waals surface area (Å²) in [7, 11) is 0. The van der Waals surface area contributed by atoms with E-state index in [1.54, 1.807) is 24.3 Å². The van der Waals surface area contributed by atoms with Crippen molar-refractivity contribution in [3.63, 3.8) is 0 Å². The van der Waals surface area contributed by atoms with Gasteiger partial charge in [0.05, 0.1) is 11.3 Å². The minimum absolute atomic E-state index is 0.124. The number of nitrogens with one attached hydrogen (secondary N) is 1. The highest BCUT2D eigenvalue weighted by molar-refractivity contribution is 9.10. The van der Waals surface area contributed by atoms with E-state index in [2.05, 4.69) is 21.2 Å². The molecule has 0 heterocycles. The number of amides is 1. The van der Waals surface area contributed by atoms with Crippen molar-refractivity contribution in [3.8, 4) is 5.75 Å². The first-order valence-electron chi connectivity index (χ1n) is 6.14. The largest absolute Gasteiger partial charge is 0.483 e. The van der Waals surface area contributed by atoms with Gasteiger partial charge in [-0.05, 0) is 40.2 Å². The minimum Gasteiger partial charge on any atom is -0.483 e. The van der Waals surface area contributed by atoms with Crippen molar-refractivity contribution >= 4 is 44.7 Å². The lowest BCUT2D eigenvalue weighted by molar-refractivity contribution is -0.118. The van der Waals surface area contributed by atoms with Gasteiger partial charge in [0.2, 0.25) is 0 Å². The Hall–Kier alpha value is -1.92. The average Bonchev–Trinajstić information content (AvgIpc) is 2.48. The number of rotatable bonds is 5. The first kappa shape index (κ1) is 15.5. The lowest BCUT2D eigenvalue weighted by Gasteiger charge is -2.11. The van der Waals surface area contributed by atoms with E-state index in [1.807, 2.05) is 24.3 Å². The van der Waals surface area contributed by atoms with Crippen molar-refractivity contribution in [3.05, 3.63) is 58.6 Å². The van der Waals surface area contributed by atoms with Gasteiger partial charge in [0.25, 0.3) is 5.91 Å². The number of thiocarbonyl (C=S) groups is 1. The number of anilines is 1. The SMILES string of the molecule is NC(=S)c1ccccc1OCC(=O)Nc1ccccc1Br. The Labute approximate surface area is 136 Å². The van der Waals surface area contributed by atoms with Crippen LogP contribution in [0.25, 0.3) is 0 Å². The predicted molar refractivity (Wildman–Crippen MR) is 90.6 cm³/mol. The standard InChI is InChI=1S/C15H13BrN2O2S/c16-11-6-2-3-7-12(11)18-14(19)9-20-13-8-4-1-5-10(13)15(17)21/h1-8H,9H2,(H2,17,21)(H,18,19). The number of carbonyl (C=O) groups is 1. The van der Waals surface area contributed by atoms with Crippen LogP contribution in [0.2, 0.25) is 0 Å². The fourth-order valence-electron chi connectivity index (χ4n) is 1.69. The normalized spacial score (nSPS) is 9.95. The highest BCUT2D eigenvalue weighted by Crippen LogP contribution is 2.21. The summed E-state index contributed by atoms with van der Waals surface area (Å²) in [6.45, 7) is -0.124. The van der Waals surface area contributed by atoms with Crippen LogP contribution in [0.5, 0.6) is 5.75 Å². The zero-order valence-corrected chi connectivity index (χ0v) is 13.4. The molecule has 21 heavy (non-hydrogen) atoms. The van der Waals surface area contributed by atoms with Crippen LogP contribution in [0, 0.1) is 0 Å². The molecule has 108 valence electrons. The van der Waals surface area contributed by atoms with Gasteiger partial charge in [0.1, 0.15) is 10.7 Å². The number of hydrogen-bond donors (Lipinski definition) is 2. The van der Waals surface area contributed by atoms with Crippen LogP contribution in [0.1, 0.15) is 5.56 Å². The van der Waals surface area contributed by atoms with Crippen LogP contribution in [0.4, 0.5) is 5.69 Å². The second-order valence-electron chi connectivity index (χ2n) is 4.18. The van der Waals surface area contributed by atoms with Gasteiger partial charge in [-0.15, -0.1) is 0 Å². The summed E-state index contributed by atoms with van der Waals surface area (Å²) < 4.78 is 6.28. The maximum absolute atomic E-state index is 11.9. The van der Waals surface area contributed by atoms with Crippen molar-refractivity contribution in [2.45, 2.75) is 0 Å². The third-order valence-electron chi connectivity index (χ3n) is 2.66. The van der Waals surface area contributed by atoms with E-state index in [9.17, 15) is 4.79 Å². The van der Waals surface area contributed by atoms with Gasteiger partial charge in [-0.1, -0.05) is 36.5 Å². The highest BCUT2D eigenvalue weighted by Gasteiger charge is 2.09. The molecule has 3 N–H and O–H groups in total. The van der Waals surface area contributed by atoms with E-state index in [4.69, 9.17) is 22.7 Å². The van der Waals surface area contributed by atoms with Crippen molar-refractivity contribution < 1.29 is 9.53 Å². The van der Waals surface area contributed by atoms with E-state index in [0.29, 0.717) is 17.0 Å². The van der Waals surface area contributed by atoms with Gasteiger partial charge in [0, 0.05) is 4.47 Å². The quantitative estimate of drug-likeness (QED) is 0.800. The summed E-state index contributed by atoms with van der Waals surface area (Å²) in [4.78, 5) is 12.1. The van der Waals surface area contributed by atoms with Gasteiger partial charge >= 0.3 is 0 Å². The zero-order chi connectivity index (χ0) is 15.2. The number of hydrogen-bond acceptors (Lipinski definition) is 3. The second-order valence-corrected chi connectivity index (χ2v) is 5.47. The molecule has 4 nitrogen and oxygen atoms in total. The molecule has 2 aromatic rings. The number of halogens is 1. The third kappa shape index (κ3) is 4.27. The van der Waals surface area contributed by atoms with Crippen molar-refractivity contribution in [2.24, 2.45) is 5.73 Å². The van der Waals surface area contributed by atoms with Crippen molar-refractivity contribution in [1.29, 1.82) is 0 Å². The lowest BCUT2D eigenvalue weighted by atomic mass is 10.2. The number of carbonyl (C=O) groups excluding carboxylic acids is 1. The van der Waals surface area contributed by atoms with Crippen LogP contribution >= 0.6 is 28.1 Å². The van der Waals surface area contributed by atoms with E-state index < -0.39 is 0 Å². The predicted octanol–water partition coefficient (Wildman–Crippen LogP) is 3.10. The van der Waals surface area contributed by atoms with Crippen LogP contribution < -0.4 is 15.8 Å². The first-order valence-corrected chi connectivity index (χ1v) is 7.34. The summed E-state index contributed by atoms with van der Waals surface area (Å²) in [5.41, 5.74) is 6.91. The molecule has 0 aromatic heterocycles. The Morgan fingerprint density at radius 3 is 2.57 bits per heavy atom. The Balaban J connectivity index is 1.99. The number of benzene rings is 2. The van der Waals surface area contributed by atoms with E-state index >= 15 is 0 Å². The van der Waals surface area contributed by atoms with Crippen LogP contribution in [0.3, 0.4) is 0 Å². The molecule has 0 aliphatic rings. The van der Waals surface area contributed by atoms with Crippen molar-refractivity contribution in [1.82, 2.24) is 0 Å². The molecule has 0 bridgehead atoms. The zero-order valence-electron chi connectivity index (χ0n) is 11.0. The lowest BCUT2D eigenvalue weighted by Crippen LogP contribution is -2.21. The van der Waals surface area contributed by atoms with Crippen LogP contribution in [0.15, 0.2) is 53.0 Å². The molecule has 0 fully saturated rings. The van der Waals surface area contributed by atoms with Gasteiger partial charge in [-0.2, -0.15) is 0 Å². The topological polar surface area (TPSA) is 64.3 Å². The Morgan fingerprint density at radius 2 is 1.86 bits per heavy atom. The molecule has 0 spiro atoms. The molecule has 0 aliphatic carbocycles. The monoisotopic (exact) mass is 364 g/mol. The molecule has 0 saturated carbocycles. The van der Waals surface area contributed by atoms with Crippen molar-refractivity contribution in [2.75, 3.05) is 11.9 Å². The maximum atomic E-state index is 11.9. The average molecular weight is 365 g/mol. The fraction of sp³-hybridized carbons (Fsp3) is 0.0667. The minimum atomic E-state index is -0.264. The fourth-order valence-corrected chi connectivity index (χ4v) is 2.24. The number of nitrogens with two attached hydrogens (primary N) is 1. The molecule has 0 aliphatic heterocycles. The molecule has 6 heteroatoms. The van der Waals surface area contributed by atoms with E-state index in [0.717, 1.165) is 4.47 Å². The first-order chi connectivity index (χ1) is 10.1. The summed E-state index contributed by atoms with van der Waals surface area (Å²) >= 11 is 8.30. The number of ether oxygens (including phenoxy) is 1. The van der Waals surface area contributed by atoms with Gasteiger partial charge < -0.3 is 15.8 Å². The Kier molecular flexibility index (Phi) is 5.30. The number of para-hydroxylation sites is 2. The molecule has 1 amide bonds. The Bertz CT molecular complexity index is 676. The van der Waals surface area contributed by atoms with E-state index in [-0.39, 0.29) is 17.5 Å². The molecule has 0 unspecified atom stereocenters. The summed E-state index contributed by atoms with van der Waals surface area (Å²) in [5, 5.41) is 2.75. The third-order valence-corrected chi connectivity index (χ3v) is 3.57. The molecule has 0 saturated heterocycles. The van der Waals surface area contributed by atoms with Gasteiger partial charge in [-0.25, -0.2) is 0 Å². The molecule has 2 rings (SSSR count).